The highest BCUT2D eigenvalue weighted by Gasteiger charge is 2.19. The molecule has 0 spiro atoms. The lowest BCUT2D eigenvalue weighted by Gasteiger charge is -2.08. The van der Waals surface area contributed by atoms with Gasteiger partial charge in [0.15, 0.2) is 11.6 Å². The van der Waals surface area contributed by atoms with Crippen LogP contribution in [-0.2, 0) is 13.6 Å². The molecule has 124 valence electrons. The van der Waals surface area contributed by atoms with Gasteiger partial charge in [-0.1, -0.05) is 6.07 Å². The number of rotatable bonds is 3. The van der Waals surface area contributed by atoms with Crippen LogP contribution in [-0.4, -0.2) is 20.2 Å². The molecule has 0 saturated heterocycles. The number of aromatic carboxylic acids is 1. The number of carboxylic acids is 1. The van der Waals surface area contributed by atoms with Crippen molar-refractivity contribution in [1.82, 2.24) is 9.13 Å². The van der Waals surface area contributed by atoms with E-state index in [1.54, 1.807) is 0 Å². The summed E-state index contributed by atoms with van der Waals surface area (Å²) in [6.07, 6.45) is 0. The first-order valence-electron chi connectivity index (χ1n) is 6.70. The molecule has 0 amide bonds. The molecular formula is C15H10F2N2O5. The highest BCUT2D eigenvalue weighted by Crippen LogP contribution is 2.15. The predicted molar refractivity (Wildman–Crippen MR) is 78.1 cm³/mol. The van der Waals surface area contributed by atoms with Crippen molar-refractivity contribution in [2.45, 2.75) is 6.54 Å². The van der Waals surface area contributed by atoms with Crippen LogP contribution in [0.4, 0.5) is 8.78 Å². The number of hydrogen-bond donors (Lipinski definition) is 1. The van der Waals surface area contributed by atoms with Gasteiger partial charge in [-0.25, -0.2) is 18.4 Å². The summed E-state index contributed by atoms with van der Waals surface area (Å²) in [4.78, 5) is 35.7. The summed E-state index contributed by atoms with van der Waals surface area (Å²) in [5.41, 5.74) is -1.53. The monoisotopic (exact) mass is 336 g/mol. The van der Waals surface area contributed by atoms with Gasteiger partial charge in [-0.15, -0.1) is 0 Å². The van der Waals surface area contributed by atoms with E-state index in [0.717, 1.165) is 27.3 Å². The number of nitrogens with zero attached hydrogens (tertiary/aromatic N) is 2. The second kappa shape index (κ2) is 5.44. The number of carbonyl (C=O) groups is 1. The van der Waals surface area contributed by atoms with Crippen molar-refractivity contribution in [3.8, 4) is 0 Å². The standard InChI is InChI=1S/C15H10F2N2O5/c1-18-13-8(5-11(24-13)14(21)22)12(20)19(15(18)23)6-7-2-3-9(16)10(17)4-7/h2-5H,6H2,1H3,(H,21,22). The molecule has 0 unspecified atom stereocenters. The molecule has 0 fully saturated rings. The van der Waals surface area contributed by atoms with Crippen LogP contribution in [0.5, 0.6) is 0 Å². The summed E-state index contributed by atoms with van der Waals surface area (Å²) >= 11 is 0. The van der Waals surface area contributed by atoms with Gasteiger partial charge in [0.25, 0.3) is 5.56 Å². The molecule has 0 aliphatic carbocycles. The number of aromatic nitrogens is 2. The Balaban J connectivity index is 2.21. The molecule has 3 rings (SSSR count). The lowest BCUT2D eigenvalue weighted by Crippen LogP contribution is -2.39. The maximum Gasteiger partial charge on any atom is 0.371 e. The van der Waals surface area contributed by atoms with Crippen molar-refractivity contribution in [3.63, 3.8) is 0 Å². The van der Waals surface area contributed by atoms with Gasteiger partial charge < -0.3 is 9.52 Å². The topological polar surface area (TPSA) is 94.4 Å². The highest BCUT2D eigenvalue weighted by atomic mass is 19.2. The van der Waals surface area contributed by atoms with Crippen LogP contribution in [0, 0.1) is 11.6 Å². The summed E-state index contributed by atoms with van der Waals surface area (Å²) in [5.74, 6) is -4.02. The number of benzene rings is 1. The van der Waals surface area contributed by atoms with Gasteiger partial charge in [0, 0.05) is 13.1 Å². The van der Waals surface area contributed by atoms with Crippen LogP contribution in [0.1, 0.15) is 16.1 Å². The first-order valence-corrected chi connectivity index (χ1v) is 6.70. The Bertz CT molecular complexity index is 1090. The number of carboxylic acid groups (broad SMARTS) is 1. The van der Waals surface area contributed by atoms with Crippen molar-refractivity contribution >= 4 is 17.1 Å². The third kappa shape index (κ3) is 2.39. The van der Waals surface area contributed by atoms with E-state index in [1.807, 2.05) is 0 Å². The fourth-order valence-corrected chi connectivity index (χ4v) is 2.35. The Kier molecular flexibility index (Phi) is 3.55. The summed E-state index contributed by atoms with van der Waals surface area (Å²) in [6.45, 7) is -0.299. The van der Waals surface area contributed by atoms with Gasteiger partial charge in [-0.3, -0.25) is 13.9 Å². The smallest absolute Gasteiger partial charge is 0.371 e. The molecule has 0 radical (unpaired) electrons. The molecular weight excluding hydrogens is 326 g/mol. The molecule has 0 atom stereocenters. The van der Waals surface area contributed by atoms with Crippen LogP contribution < -0.4 is 11.2 Å². The number of hydrogen-bond acceptors (Lipinski definition) is 4. The zero-order chi connectivity index (χ0) is 17.6. The first kappa shape index (κ1) is 15.7. The predicted octanol–water partition coefficient (Wildman–Crippen LogP) is 1.32. The Morgan fingerprint density at radius 3 is 2.54 bits per heavy atom. The molecule has 24 heavy (non-hydrogen) atoms. The quantitative estimate of drug-likeness (QED) is 0.778. The summed E-state index contributed by atoms with van der Waals surface area (Å²) in [6, 6.07) is 4.02. The summed E-state index contributed by atoms with van der Waals surface area (Å²) in [5, 5.41) is 8.83. The maximum atomic E-state index is 13.3. The van der Waals surface area contributed by atoms with Gasteiger partial charge in [0.1, 0.15) is 5.39 Å². The zero-order valence-electron chi connectivity index (χ0n) is 12.2. The van der Waals surface area contributed by atoms with E-state index in [9.17, 15) is 23.2 Å². The van der Waals surface area contributed by atoms with E-state index < -0.39 is 34.6 Å². The zero-order valence-corrected chi connectivity index (χ0v) is 12.2. The van der Waals surface area contributed by atoms with Crippen LogP contribution in [0.25, 0.3) is 11.1 Å². The number of fused-ring (bicyclic) bond motifs is 1. The average Bonchev–Trinajstić information content (AvgIpc) is 2.99. The second-order valence-electron chi connectivity index (χ2n) is 5.12. The minimum atomic E-state index is -1.38. The lowest BCUT2D eigenvalue weighted by molar-refractivity contribution is 0.0664. The summed E-state index contributed by atoms with van der Waals surface area (Å²) in [7, 11) is 1.31. The molecule has 1 N–H and O–H groups in total. The Labute approximate surface area is 132 Å². The number of furan rings is 1. The van der Waals surface area contributed by atoms with Crippen molar-refractivity contribution < 1.29 is 23.1 Å². The Morgan fingerprint density at radius 2 is 1.92 bits per heavy atom. The first-order chi connectivity index (χ1) is 11.3. The molecule has 0 saturated carbocycles. The molecule has 2 aromatic heterocycles. The van der Waals surface area contributed by atoms with E-state index >= 15 is 0 Å². The van der Waals surface area contributed by atoms with E-state index in [2.05, 4.69) is 0 Å². The molecule has 1 aromatic carbocycles. The third-order valence-corrected chi connectivity index (χ3v) is 3.55. The number of halogens is 2. The molecule has 0 aliphatic rings. The van der Waals surface area contributed by atoms with Gasteiger partial charge in [0.2, 0.25) is 11.5 Å². The Hall–Kier alpha value is -3.23. The molecule has 0 aliphatic heterocycles. The highest BCUT2D eigenvalue weighted by molar-refractivity contribution is 5.90. The fourth-order valence-electron chi connectivity index (χ4n) is 2.35. The second-order valence-corrected chi connectivity index (χ2v) is 5.12. The fraction of sp³-hybridized carbons (Fsp3) is 0.133. The van der Waals surface area contributed by atoms with E-state index in [0.29, 0.717) is 0 Å². The molecule has 0 bridgehead atoms. The van der Waals surface area contributed by atoms with Gasteiger partial charge in [0.05, 0.1) is 6.54 Å². The van der Waals surface area contributed by atoms with Crippen LogP contribution in [0.15, 0.2) is 38.3 Å². The normalized spacial score (nSPS) is 11.1. The lowest BCUT2D eigenvalue weighted by atomic mass is 10.2. The van der Waals surface area contributed by atoms with E-state index in [1.165, 1.54) is 13.1 Å². The minimum absolute atomic E-state index is 0.0999. The Morgan fingerprint density at radius 1 is 1.21 bits per heavy atom. The van der Waals surface area contributed by atoms with Crippen molar-refractivity contribution in [3.05, 3.63) is 68.1 Å². The minimum Gasteiger partial charge on any atom is -0.475 e. The van der Waals surface area contributed by atoms with Crippen molar-refractivity contribution in [2.24, 2.45) is 7.05 Å². The average molecular weight is 336 g/mol. The van der Waals surface area contributed by atoms with Crippen LogP contribution in [0.3, 0.4) is 0 Å². The summed E-state index contributed by atoms with van der Waals surface area (Å²) < 4.78 is 33.0. The molecule has 9 heteroatoms. The van der Waals surface area contributed by atoms with E-state index in [-0.39, 0.29) is 23.2 Å². The van der Waals surface area contributed by atoms with Crippen LogP contribution >= 0.6 is 0 Å². The molecule has 2 heterocycles. The SMILES string of the molecule is Cn1c(=O)n(Cc2ccc(F)c(F)c2)c(=O)c2cc(C(=O)O)oc21. The van der Waals surface area contributed by atoms with Gasteiger partial charge >= 0.3 is 11.7 Å². The van der Waals surface area contributed by atoms with Crippen molar-refractivity contribution in [1.29, 1.82) is 0 Å². The maximum absolute atomic E-state index is 13.3. The van der Waals surface area contributed by atoms with Crippen molar-refractivity contribution in [2.75, 3.05) is 0 Å². The number of aryl methyl sites for hydroxylation is 1. The van der Waals surface area contributed by atoms with Gasteiger partial charge in [-0.05, 0) is 17.7 Å². The van der Waals surface area contributed by atoms with Gasteiger partial charge in [-0.2, -0.15) is 0 Å². The molecule has 3 aromatic rings. The van der Waals surface area contributed by atoms with Crippen LogP contribution in [0.2, 0.25) is 0 Å². The van der Waals surface area contributed by atoms with E-state index in [4.69, 9.17) is 9.52 Å². The largest absolute Gasteiger partial charge is 0.475 e. The molecule has 7 nitrogen and oxygen atoms in total. The third-order valence-electron chi connectivity index (χ3n) is 3.55.